The molecule has 1 radical (unpaired) electrons. The van der Waals surface area contributed by atoms with Gasteiger partial charge in [0.05, 0.1) is 19.1 Å². The third-order valence-corrected chi connectivity index (χ3v) is 6.96. The van der Waals surface area contributed by atoms with E-state index < -0.39 is 0 Å². The van der Waals surface area contributed by atoms with Gasteiger partial charge in [-0.15, -0.1) is 29.3 Å². The average Bonchev–Trinajstić information content (AvgIpc) is 2.97. The number of aliphatic hydroxyl groups is 1. The summed E-state index contributed by atoms with van der Waals surface area (Å²) < 4.78 is 5.27. The van der Waals surface area contributed by atoms with Gasteiger partial charge in [0.2, 0.25) is 0 Å². The van der Waals surface area contributed by atoms with E-state index in [1.165, 1.54) is 33.4 Å². The number of nitrogens with zero attached hydrogens (tertiary/aromatic N) is 1. The van der Waals surface area contributed by atoms with E-state index in [2.05, 4.69) is 79.7 Å². The molecule has 0 atom stereocenters. The zero-order valence-corrected chi connectivity index (χ0v) is 26.8. The van der Waals surface area contributed by atoms with Gasteiger partial charge in [-0.1, -0.05) is 94.3 Å². The first-order valence-corrected chi connectivity index (χ1v) is 13.6. The van der Waals surface area contributed by atoms with Crippen molar-refractivity contribution in [2.45, 2.75) is 34.6 Å². The van der Waals surface area contributed by atoms with Crippen molar-refractivity contribution in [1.29, 1.82) is 0 Å². The zero-order valence-electron chi connectivity index (χ0n) is 24.4. The topological polar surface area (TPSA) is 63.8 Å². The molecule has 0 aliphatic rings. The van der Waals surface area contributed by atoms with Crippen LogP contribution in [0.25, 0.3) is 43.9 Å². The van der Waals surface area contributed by atoms with Crippen LogP contribution in [0.5, 0.6) is 5.75 Å². The number of aryl methyl sites for hydroxylation is 1. The van der Waals surface area contributed by atoms with Gasteiger partial charge in [0.1, 0.15) is 11.5 Å². The Morgan fingerprint density at radius 1 is 0.902 bits per heavy atom. The molecule has 0 unspecified atom stereocenters. The van der Waals surface area contributed by atoms with Crippen LogP contribution in [0.4, 0.5) is 0 Å². The van der Waals surface area contributed by atoms with Gasteiger partial charge in [0, 0.05) is 32.2 Å². The van der Waals surface area contributed by atoms with E-state index in [0.717, 1.165) is 28.0 Å². The molecule has 0 bridgehead atoms. The molecular formula is C36H37IrNO3. The van der Waals surface area contributed by atoms with Gasteiger partial charge in [0.15, 0.2) is 0 Å². The number of aliphatic hydroxyl groups excluding tert-OH is 1. The maximum Gasteiger partial charge on any atom is 0.322 e. The third-order valence-electron chi connectivity index (χ3n) is 6.96. The zero-order chi connectivity index (χ0) is 28.8. The van der Waals surface area contributed by atoms with Crippen LogP contribution < -0.4 is 4.74 Å². The monoisotopic (exact) mass is 724 g/mol. The average molecular weight is 724 g/mol. The standard InChI is InChI=1S/C27H20NO.C9H16O2.Ir/c1-18-17-21(10-13-23(18)20-7-11-22(29-2)12-8-20)27-26-14-9-19-5-3-4-6-24(19)25(26)15-16-28-27;1-6(2)8(10)5-9(11)7(3)4;/h3-9,11-17H,1-2H3;5-7,10H,1-4H3;/q-1;;/p+1/b;8-5-;. The number of methoxy groups -OCH3 is 1. The largest absolute Gasteiger partial charge is 0.512 e. The van der Waals surface area contributed by atoms with Crippen LogP contribution >= 0.6 is 0 Å². The van der Waals surface area contributed by atoms with Crippen molar-refractivity contribution in [1.82, 2.24) is 4.98 Å². The Bertz CT molecular complexity index is 1670. The Kier molecular flexibility index (Phi) is 11.0. The van der Waals surface area contributed by atoms with Crippen LogP contribution in [0.1, 0.15) is 33.3 Å². The maximum absolute atomic E-state index is 9.23. The number of benzene rings is 4. The third kappa shape index (κ3) is 7.49. The summed E-state index contributed by atoms with van der Waals surface area (Å²) in [6.07, 6.45) is 3.32. The van der Waals surface area contributed by atoms with E-state index in [4.69, 9.17) is 9.72 Å². The minimum atomic E-state index is 0. The number of pyridine rings is 1. The molecule has 41 heavy (non-hydrogen) atoms. The predicted octanol–water partition coefficient (Wildman–Crippen LogP) is 9.12. The molecule has 5 rings (SSSR count). The number of aromatic nitrogens is 1. The fraction of sp³-hybridized carbons (Fsp3) is 0.222. The van der Waals surface area contributed by atoms with E-state index in [1.807, 2.05) is 46.0 Å². The minimum absolute atomic E-state index is 0. The summed E-state index contributed by atoms with van der Waals surface area (Å²) in [6, 6.07) is 30.8. The number of hydrogen-bond donors (Lipinski definition) is 1. The molecule has 1 aromatic heterocycles. The van der Waals surface area contributed by atoms with Gasteiger partial charge in [-0.2, -0.15) is 0 Å². The molecule has 0 fully saturated rings. The van der Waals surface area contributed by atoms with Crippen molar-refractivity contribution in [3.63, 3.8) is 0 Å². The summed E-state index contributed by atoms with van der Waals surface area (Å²) in [5.74, 6) is 1.48. The molecule has 2 N–H and O–H groups in total. The SMILES string of the molecule is CC(C)C(=[OH+])/C=C(\O)C(C)C.COc1ccc(-c2c[c-]c(-c3nccc4c3ccc3ccccc34)cc2C)cc1.[Ir]. The number of allylic oxidation sites excluding steroid dienone is 2. The molecule has 213 valence electrons. The molecule has 5 aromatic rings. The van der Waals surface area contributed by atoms with Crippen molar-refractivity contribution < 1.29 is 34.7 Å². The van der Waals surface area contributed by atoms with Crippen molar-refractivity contribution in [3.05, 3.63) is 109 Å². The maximum atomic E-state index is 9.23. The number of fused-ring (bicyclic) bond motifs is 3. The second-order valence-electron chi connectivity index (χ2n) is 10.5. The van der Waals surface area contributed by atoms with Crippen LogP contribution in [0.15, 0.2) is 96.9 Å². The molecule has 0 aliphatic heterocycles. The summed E-state index contributed by atoms with van der Waals surface area (Å²) in [6.45, 7) is 9.63. The second kappa shape index (κ2) is 14.2. The number of rotatable bonds is 6. The summed E-state index contributed by atoms with van der Waals surface area (Å²) in [4.78, 5) is 13.9. The van der Waals surface area contributed by atoms with E-state index >= 15 is 0 Å². The summed E-state index contributed by atoms with van der Waals surface area (Å²) in [5, 5.41) is 14.1. The summed E-state index contributed by atoms with van der Waals surface area (Å²) in [7, 11) is 1.68. The molecule has 1 heterocycles. The Labute approximate surface area is 256 Å². The first kappa shape index (κ1) is 31.7. The van der Waals surface area contributed by atoms with Crippen LogP contribution in [0.3, 0.4) is 0 Å². The van der Waals surface area contributed by atoms with Gasteiger partial charge < -0.3 is 14.8 Å². The molecule has 0 aliphatic carbocycles. The minimum Gasteiger partial charge on any atom is -0.512 e. The fourth-order valence-corrected chi connectivity index (χ4v) is 4.45. The molecule has 4 nitrogen and oxygen atoms in total. The summed E-state index contributed by atoms with van der Waals surface area (Å²) in [5.41, 5.74) is 5.51. The van der Waals surface area contributed by atoms with Crippen molar-refractivity contribution in [2.24, 2.45) is 11.8 Å². The Morgan fingerprint density at radius 2 is 1.61 bits per heavy atom. The van der Waals surface area contributed by atoms with Crippen LogP contribution in [0.2, 0.25) is 0 Å². The van der Waals surface area contributed by atoms with Gasteiger partial charge in [-0.05, 0) is 45.4 Å². The number of carbonyl (C=O) groups excluding carboxylic acids is 1. The number of ether oxygens (including phenoxy) is 1. The first-order chi connectivity index (χ1) is 19.2. The van der Waals surface area contributed by atoms with Crippen LogP contribution in [-0.4, -0.2) is 27.8 Å². The van der Waals surface area contributed by atoms with Crippen molar-refractivity contribution >= 4 is 27.3 Å². The van der Waals surface area contributed by atoms with Gasteiger partial charge in [-0.3, -0.25) is 4.79 Å². The smallest absolute Gasteiger partial charge is 0.322 e. The van der Waals surface area contributed by atoms with Crippen molar-refractivity contribution in [3.8, 4) is 28.1 Å². The molecule has 5 heteroatoms. The van der Waals surface area contributed by atoms with Gasteiger partial charge in [-0.25, -0.2) is 0 Å². The van der Waals surface area contributed by atoms with E-state index in [-0.39, 0.29) is 43.5 Å². The second-order valence-corrected chi connectivity index (χ2v) is 10.5. The van der Waals surface area contributed by atoms with E-state index in [0.29, 0.717) is 0 Å². The molecule has 4 aromatic carbocycles. The number of ketones is 1. The van der Waals surface area contributed by atoms with Crippen LogP contribution in [-0.2, 0) is 20.1 Å². The summed E-state index contributed by atoms with van der Waals surface area (Å²) >= 11 is 0. The number of hydrogen-bond acceptors (Lipinski definition) is 3. The van der Waals surface area contributed by atoms with E-state index in [1.54, 1.807) is 7.11 Å². The molecule has 0 amide bonds. The Balaban J connectivity index is 0.000000331. The molecular weight excluding hydrogens is 687 g/mol. The Hall–Kier alpha value is -3.79. The normalized spacial score (nSPS) is 11.3. The van der Waals surface area contributed by atoms with Gasteiger partial charge >= 0.3 is 5.78 Å². The Morgan fingerprint density at radius 3 is 2.24 bits per heavy atom. The van der Waals surface area contributed by atoms with Crippen molar-refractivity contribution in [2.75, 3.05) is 7.11 Å². The first-order valence-electron chi connectivity index (χ1n) is 13.6. The van der Waals surface area contributed by atoms with E-state index in [9.17, 15) is 9.90 Å². The quantitative estimate of drug-likeness (QED) is 0.0625. The van der Waals surface area contributed by atoms with Gasteiger partial charge in [0.25, 0.3) is 0 Å². The predicted molar refractivity (Wildman–Crippen MR) is 168 cm³/mol. The molecule has 0 saturated carbocycles. The fourth-order valence-electron chi connectivity index (χ4n) is 4.45. The molecule has 0 saturated heterocycles. The van der Waals surface area contributed by atoms with Crippen LogP contribution in [0, 0.1) is 24.8 Å². The molecule has 0 spiro atoms.